The third kappa shape index (κ3) is 3.86. The average Bonchev–Trinajstić information content (AvgIpc) is 3.03. The molecule has 8 heteroatoms. The molecule has 0 spiro atoms. The second-order valence-corrected chi connectivity index (χ2v) is 7.93. The van der Waals surface area contributed by atoms with Crippen LogP contribution in [0.25, 0.3) is 11.0 Å². The van der Waals surface area contributed by atoms with Crippen LogP contribution in [0.2, 0.25) is 0 Å². The molecule has 3 heterocycles. The number of nitrogens with zero attached hydrogens (tertiary/aromatic N) is 5. The Hall–Kier alpha value is -2.82. The molecule has 1 saturated heterocycles. The second kappa shape index (κ2) is 7.90. The molecule has 2 aromatic heterocycles. The normalized spacial score (nSPS) is 19.0. The van der Waals surface area contributed by atoms with Crippen LogP contribution >= 0.6 is 12.4 Å². The highest BCUT2D eigenvalue weighted by molar-refractivity contribution is 5.85. The van der Waals surface area contributed by atoms with E-state index in [1.54, 1.807) is 19.4 Å². The fourth-order valence-electron chi connectivity index (χ4n) is 4.04. The zero-order valence-corrected chi connectivity index (χ0v) is 17.4. The maximum atomic E-state index is 12.9. The first-order chi connectivity index (χ1) is 13.4. The van der Waals surface area contributed by atoms with Crippen molar-refractivity contribution in [3.8, 4) is 6.07 Å². The molecule has 1 aliphatic heterocycles. The molecule has 1 aromatic carbocycles. The molecule has 1 fully saturated rings. The van der Waals surface area contributed by atoms with Gasteiger partial charge in [0.2, 0.25) is 0 Å². The van der Waals surface area contributed by atoms with E-state index in [0.29, 0.717) is 29.7 Å². The smallest absolute Gasteiger partial charge is 0.277 e. The van der Waals surface area contributed by atoms with Crippen molar-refractivity contribution in [2.45, 2.75) is 31.8 Å². The van der Waals surface area contributed by atoms with Crippen molar-refractivity contribution < 1.29 is 0 Å². The van der Waals surface area contributed by atoms with E-state index in [4.69, 9.17) is 5.73 Å². The topological polar surface area (TPSA) is 92.9 Å². The molecule has 0 amide bonds. The summed E-state index contributed by atoms with van der Waals surface area (Å²) in [5.41, 5.74) is 8.76. The lowest BCUT2D eigenvalue weighted by molar-refractivity contribution is 0.371. The van der Waals surface area contributed by atoms with Crippen molar-refractivity contribution in [2.75, 3.05) is 18.0 Å². The summed E-state index contributed by atoms with van der Waals surface area (Å²) in [7, 11) is 1.70. The molecule has 0 saturated carbocycles. The standard InChI is InChI=1S/C21H24N6O.ClH/c1-21(23)8-5-9-26(13-21)18-10-17-19(20(28)25(2)14-24-17)27(18)12-16-7-4-3-6-15(16)11-22;/h3-4,6-7,10,14H,5,8-9,12-13,23H2,1-2H3;1H/t21-;/m1./s1. The highest BCUT2D eigenvalue weighted by atomic mass is 35.5. The Bertz CT molecular complexity index is 1140. The number of nitrogens with two attached hydrogens (primary N) is 1. The van der Waals surface area contributed by atoms with Gasteiger partial charge in [0.05, 0.1) is 30.0 Å². The van der Waals surface area contributed by atoms with Crippen molar-refractivity contribution in [1.29, 1.82) is 5.26 Å². The summed E-state index contributed by atoms with van der Waals surface area (Å²) >= 11 is 0. The Morgan fingerprint density at radius 2 is 2.10 bits per heavy atom. The van der Waals surface area contributed by atoms with Crippen LogP contribution in [0.1, 0.15) is 30.9 Å². The fourth-order valence-corrected chi connectivity index (χ4v) is 4.04. The van der Waals surface area contributed by atoms with E-state index < -0.39 is 0 Å². The fraction of sp³-hybridized carbons (Fsp3) is 0.381. The van der Waals surface area contributed by atoms with Crippen molar-refractivity contribution in [2.24, 2.45) is 12.8 Å². The summed E-state index contributed by atoms with van der Waals surface area (Å²) < 4.78 is 3.48. The Labute approximate surface area is 175 Å². The number of fused-ring (bicyclic) bond motifs is 1. The Morgan fingerprint density at radius 3 is 2.83 bits per heavy atom. The lowest BCUT2D eigenvalue weighted by Crippen LogP contribution is -2.52. The highest BCUT2D eigenvalue weighted by Gasteiger charge is 2.29. The first kappa shape index (κ1) is 20.9. The van der Waals surface area contributed by atoms with Crippen LogP contribution in [0.5, 0.6) is 0 Å². The van der Waals surface area contributed by atoms with Crippen molar-refractivity contribution in [3.63, 3.8) is 0 Å². The first-order valence-corrected chi connectivity index (χ1v) is 9.46. The number of benzene rings is 1. The number of aryl methyl sites for hydroxylation is 1. The van der Waals surface area contributed by atoms with E-state index in [2.05, 4.69) is 22.9 Å². The monoisotopic (exact) mass is 412 g/mol. The molecule has 1 atom stereocenters. The van der Waals surface area contributed by atoms with Crippen molar-refractivity contribution in [1.82, 2.24) is 14.1 Å². The number of nitriles is 1. The van der Waals surface area contributed by atoms with Gasteiger partial charge in [0, 0.05) is 31.7 Å². The minimum atomic E-state index is -0.275. The van der Waals surface area contributed by atoms with Crippen LogP contribution in [0.15, 0.2) is 41.5 Å². The summed E-state index contributed by atoms with van der Waals surface area (Å²) in [6.45, 7) is 4.09. The number of halogens is 1. The number of hydrogen-bond donors (Lipinski definition) is 1. The number of piperidine rings is 1. The van der Waals surface area contributed by atoms with Gasteiger partial charge in [-0.3, -0.25) is 4.79 Å². The third-order valence-electron chi connectivity index (χ3n) is 5.47. The van der Waals surface area contributed by atoms with Gasteiger partial charge in [-0.25, -0.2) is 4.98 Å². The van der Waals surface area contributed by atoms with Crippen LogP contribution in [0.3, 0.4) is 0 Å². The van der Waals surface area contributed by atoms with E-state index in [9.17, 15) is 10.1 Å². The number of hydrogen-bond acceptors (Lipinski definition) is 5. The summed E-state index contributed by atoms with van der Waals surface area (Å²) in [6, 6.07) is 11.7. The predicted octanol–water partition coefficient (Wildman–Crippen LogP) is 2.39. The van der Waals surface area contributed by atoms with E-state index in [-0.39, 0.29) is 23.5 Å². The molecule has 0 radical (unpaired) electrons. The number of aromatic nitrogens is 3. The molecule has 152 valence electrons. The SMILES string of the molecule is Cl.Cn1cnc2cc(N3CCC[C@@](C)(N)C3)n(Cc3ccccc3C#N)c2c1=O. The Morgan fingerprint density at radius 1 is 1.34 bits per heavy atom. The minimum Gasteiger partial charge on any atom is -0.356 e. The average molecular weight is 413 g/mol. The quantitative estimate of drug-likeness (QED) is 0.712. The van der Waals surface area contributed by atoms with Gasteiger partial charge in [-0.05, 0) is 31.4 Å². The van der Waals surface area contributed by atoms with Gasteiger partial charge in [0.15, 0.2) is 0 Å². The van der Waals surface area contributed by atoms with Gasteiger partial charge in [-0.1, -0.05) is 18.2 Å². The Balaban J connectivity index is 0.00000240. The van der Waals surface area contributed by atoms with E-state index in [1.165, 1.54) is 4.57 Å². The molecule has 1 aliphatic rings. The minimum absolute atomic E-state index is 0. The molecule has 29 heavy (non-hydrogen) atoms. The highest BCUT2D eigenvalue weighted by Crippen LogP contribution is 2.29. The summed E-state index contributed by atoms with van der Waals surface area (Å²) in [5, 5.41) is 9.48. The first-order valence-electron chi connectivity index (χ1n) is 9.46. The zero-order chi connectivity index (χ0) is 19.9. The molecule has 7 nitrogen and oxygen atoms in total. The molecule has 2 N–H and O–H groups in total. The van der Waals surface area contributed by atoms with Gasteiger partial charge in [0.1, 0.15) is 11.3 Å². The summed E-state index contributed by atoms with van der Waals surface area (Å²) in [4.78, 5) is 19.6. The van der Waals surface area contributed by atoms with E-state index in [0.717, 1.165) is 30.8 Å². The summed E-state index contributed by atoms with van der Waals surface area (Å²) in [5.74, 6) is 0.926. The lowest BCUT2D eigenvalue weighted by Gasteiger charge is -2.39. The molecule has 0 aliphatic carbocycles. The number of rotatable bonds is 3. The van der Waals surface area contributed by atoms with Crippen LogP contribution in [-0.4, -0.2) is 32.7 Å². The number of anilines is 1. The molecule has 0 bridgehead atoms. The van der Waals surface area contributed by atoms with Crippen LogP contribution in [0, 0.1) is 11.3 Å². The van der Waals surface area contributed by atoms with Crippen LogP contribution < -0.4 is 16.2 Å². The van der Waals surface area contributed by atoms with E-state index >= 15 is 0 Å². The van der Waals surface area contributed by atoms with E-state index in [1.807, 2.05) is 28.8 Å². The maximum absolute atomic E-state index is 12.9. The van der Waals surface area contributed by atoms with Gasteiger partial charge in [-0.2, -0.15) is 5.26 Å². The molecular formula is C21H25ClN6O. The van der Waals surface area contributed by atoms with Gasteiger partial charge in [-0.15, -0.1) is 12.4 Å². The molecular weight excluding hydrogens is 388 g/mol. The molecule has 3 aromatic rings. The summed E-state index contributed by atoms with van der Waals surface area (Å²) in [6.07, 6.45) is 3.51. The predicted molar refractivity (Wildman–Crippen MR) is 117 cm³/mol. The van der Waals surface area contributed by atoms with Gasteiger partial charge >= 0.3 is 0 Å². The van der Waals surface area contributed by atoms with Crippen LogP contribution in [0.4, 0.5) is 5.82 Å². The van der Waals surface area contributed by atoms with Gasteiger partial charge in [0.25, 0.3) is 5.56 Å². The second-order valence-electron chi connectivity index (χ2n) is 7.93. The van der Waals surface area contributed by atoms with Crippen LogP contribution in [-0.2, 0) is 13.6 Å². The third-order valence-corrected chi connectivity index (χ3v) is 5.47. The maximum Gasteiger partial charge on any atom is 0.277 e. The molecule has 4 rings (SSSR count). The zero-order valence-electron chi connectivity index (χ0n) is 16.6. The van der Waals surface area contributed by atoms with Gasteiger partial charge < -0.3 is 19.8 Å². The van der Waals surface area contributed by atoms with Crippen molar-refractivity contribution >= 4 is 29.3 Å². The van der Waals surface area contributed by atoms with Crippen molar-refractivity contribution in [3.05, 3.63) is 58.1 Å². The Kier molecular flexibility index (Phi) is 5.69. The lowest BCUT2D eigenvalue weighted by atomic mass is 9.92. The largest absolute Gasteiger partial charge is 0.356 e. The molecule has 0 unspecified atom stereocenters.